The highest BCUT2D eigenvalue weighted by molar-refractivity contribution is 7.26. The van der Waals surface area contributed by atoms with Crippen molar-refractivity contribution in [2.75, 3.05) is 0 Å². The Morgan fingerprint density at radius 2 is 1.06 bits per heavy atom. The van der Waals surface area contributed by atoms with Crippen molar-refractivity contribution in [2.45, 2.75) is 0 Å². The van der Waals surface area contributed by atoms with Crippen LogP contribution in [0.1, 0.15) is 0 Å². The number of aromatic nitrogens is 3. The van der Waals surface area contributed by atoms with Crippen molar-refractivity contribution in [2.24, 2.45) is 0 Å². The average molecular weight is 680 g/mol. The lowest BCUT2D eigenvalue weighted by Gasteiger charge is -2.14. The topological polar surface area (TPSA) is 30.7 Å². The monoisotopic (exact) mass is 679 g/mol. The number of fused-ring (bicyclic) bond motifs is 10. The van der Waals surface area contributed by atoms with E-state index >= 15 is 0 Å². The van der Waals surface area contributed by atoms with Crippen LogP contribution >= 0.6 is 11.3 Å². The molecular formula is C48H29N3S. The van der Waals surface area contributed by atoms with Gasteiger partial charge in [0.1, 0.15) is 0 Å². The molecule has 3 aromatic heterocycles. The molecule has 52 heavy (non-hydrogen) atoms. The lowest BCUT2D eigenvalue weighted by Crippen LogP contribution is -1.99. The van der Waals surface area contributed by atoms with Gasteiger partial charge in [-0.05, 0) is 57.9 Å². The van der Waals surface area contributed by atoms with E-state index in [0.29, 0.717) is 0 Å². The number of nitrogens with zero attached hydrogens (tertiary/aromatic N) is 3. The molecule has 8 aromatic carbocycles. The number of benzene rings is 8. The van der Waals surface area contributed by atoms with Gasteiger partial charge in [-0.3, -0.25) is 0 Å². The third kappa shape index (κ3) is 4.45. The number of hydrogen-bond donors (Lipinski definition) is 0. The lowest BCUT2D eigenvalue weighted by atomic mass is 9.98. The van der Waals surface area contributed by atoms with Crippen LogP contribution in [0, 0.1) is 0 Å². The van der Waals surface area contributed by atoms with Crippen LogP contribution in [0.4, 0.5) is 0 Å². The molecule has 0 amide bonds. The molecule has 0 aliphatic carbocycles. The first-order valence-corrected chi connectivity index (χ1v) is 18.4. The zero-order valence-corrected chi connectivity index (χ0v) is 28.8. The van der Waals surface area contributed by atoms with Crippen molar-refractivity contribution in [3.05, 3.63) is 176 Å². The summed E-state index contributed by atoms with van der Waals surface area (Å²) in [6, 6.07) is 63.0. The molecule has 3 heterocycles. The van der Waals surface area contributed by atoms with Gasteiger partial charge in [0.25, 0.3) is 0 Å². The summed E-state index contributed by atoms with van der Waals surface area (Å²) in [5.41, 5.74) is 8.40. The molecule has 0 bridgehead atoms. The molecule has 0 unspecified atom stereocenters. The predicted octanol–water partition coefficient (Wildman–Crippen LogP) is 13.2. The second-order valence-electron chi connectivity index (χ2n) is 13.4. The number of rotatable bonds is 4. The molecule has 4 heteroatoms. The molecule has 11 rings (SSSR count). The van der Waals surface area contributed by atoms with Crippen molar-refractivity contribution in [1.29, 1.82) is 0 Å². The van der Waals surface area contributed by atoms with Crippen molar-refractivity contribution in [3.8, 4) is 39.6 Å². The Bertz CT molecular complexity index is 3120. The van der Waals surface area contributed by atoms with Gasteiger partial charge < -0.3 is 4.57 Å². The van der Waals surface area contributed by atoms with E-state index in [4.69, 9.17) is 9.97 Å². The molecule has 0 atom stereocenters. The molecule has 3 nitrogen and oxygen atoms in total. The third-order valence-corrected chi connectivity index (χ3v) is 11.6. The maximum Gasteiger partial charge on any atom is 0.161 e. The first kappa shape index (κ1) is 29.1. The van der Waals surface area contributed by atoms with Crippen LogP contribution in [0.2, 0.25) is 0 Å². The van der Waals surface area contributed by atoms with Gasteiger partial charge in [0, 0.05) is 53.3 Å². The van der Waals surface area contributed by atoms with Gasteiger partial charge in [-0.15, -0.1) is 11.3 Å². The van der Waals surface area contributed by atoms with Gasteiger partial charge in [-0.1, -0.05) is 140 Å². The minimum Gasteiger partial charge on any atom is -0.309 e. The second kappa shape index (κ2) is 11.5. The third-order valence-electron chi connectivity index (χ3n) is 10.4. The smallest absolute Gasteiger partial charge is 0.161 e. The van der Waals surface area contributed by atoms with E-state index in [9.17, 15) is 0 Å². The van der Waals surface area contributed by atoms with Gasteiger partial charge >= 0.3 is 0 Å². The standard InChI is InChI=1S/C48H29N3S/c1-3-14-31(15-4-1)41-29-42(32-16-5-2-6-17-32)50-48(49-41)40-28-33(27-39-36-19-10-12-22-45(36)52-47(39)40)51-43-21-11-9-20-38(43)46-37-24-23-30-13-7-8-18-34(30)35(37)25-26-44(46)51/h1-29H. The van der Waals surface area contributed by atoms with Gasteiger partial charge in [0.2, 0.25) is 0 Å². The van der Waals surface area contributed by atoms with Crippen LogP contribution in [-0.2, 0) is 0 Å². The van der Waals surface area contributed by atoms with Crippen LogP contribution in [0.25, 0.3) is 103 Å². The quantitative estimate of drug-likeness (QED) is 0.173. The summed E-state index contributed by atoms with van der Waals surface area (Å²) in [4.78, 5) is 10.6. The van der Waals surface area contributed by atoms with Crippen LogP contribution in [-0.4, -0.2) is 14.5 Å². The van der Waals surface area contributed by atoms with E-state index in [1.165, 1.54) is 63.5 Å². The molecule has 0 N–H and O–H groups in total. The predicted molar refractivity (Wildman–Crippen MR) is 221 cm³/mol. The zero-order chi connectivity index (χ0) is 34.2. The second-order valence-corrected chi connectivity index (χ2v) is 14.4. The fourth-order valence-electron chi connectivity index (χ4n) is 8.02. The fraction of sp³-hybridized carbons (Fsp3) is 0. The zero-order valence-electron chi connectivity index (χ0n) is 28.0. The van der Waals surface area contributed by atoms with E-state index in [2.05, 4.69) is 168 Å². The first-order chi connectivity index (χ1) is 25.8. The van der Waals surface area contributed by atoms with E-state index in [-0.39, 0.29) is 0 Å². The largest absolute Gasteiger partial charge is 0.309 e. The fourth-order valence-corrected chi connectivity index (χ4v) is 9.22. The molecule has 0 saturated heterocycles. The number of thiophene rings is 1. The molecule has 0 aliphatic heterocycles. The summed E-state index contributed by atoms with van der Waals surface area (Å²) in [5, 5.41) is 10.0. The molecule has 0 spiro atoms. The van der Waals surface area contributed by atoms with Crippen molar-refractivity contribution >= 4 is 74.9 Å². The van der Waals surface area contributed by atoms with Crippen LogP contribution in [0.15, 0.2) is 176 Å². The first-order valence-electron chi connectivity index (χ1n) is 17.6. The average Bonchev–Trinajstić information content (AvgIpc) is 3.77. The van der Waals surface area contributed by atoms with Crippen LogP contribution < -0.4 is 0 Å². The maximum atomic E-state index is 5.32. The summed E-state index contributed by atoms with van der Waals surface area (Å²) in [5.74, 6) is 0.719. The highest BCUT2D eigenvalue weighted by Gasteiger charge is 2.21. The van der Waals surface area contributed by atoms with Crippen molar-refractivity contribution in [3.63, 3.8) is 0 Å². The van der Waals surface area contributed by atoms with E-state index in [1.54, 1.807) is 0 Å². The van der Waals surface area contributed by atoms with Gasteiger partial charge in [-0.25, -0.2) is 9.97 Å². The Morgan fingerprint density at radius 3 is 1.83 bits per heavy atom. The molecule has 0 saturated carbocycles. The lowest BCUT2D eigenvalue weighted by molar-refractivity contribution is 1.17. The molecule has 0 radical (unpaired) electrons. The van der Waals surface area contributed by atoms with Crippen molar-refractivity contribution < 1.29 is 0 Å². The molecule has 11 aromatic rings. The van der Waals surface area contributed by atoms with E-state index < -0.39 is 0 Å². The maximum absolute atomic E-state index is 5.32. The molecule has 0 aliphatic rings. The Morgan fingerprint density at radius 1 is 0.423 bits per heavy atom. The van der Waals surface area contributed by atoms with Gasteiger partial charge in [0.05, 0.1) is 22.4 Å². The Labute approximate surface area is 303 Å². The Hall–Kier alpha value is -6.62. The minimum atomic E-state index is 0.719. The summed E-state index contributed by atoms with van der Waals surface area (Å²) >= 11 is 1.81. The van der Waals surface area contributed by atoms with Gasteiger partial charge in [-0.2, -0.15) is 0 Å². The highest BCUT2D eigenvalue weighted by Crippen LogP contribution is 2.44. The summed E-state index contributed by atoms with van der Waals surface area (Å²) in [7, 11) is 0. The summed E-state index contributed by atoms with van der Waals surface area (Å²) in [6.07, 6.45) is 0. The molecule has 242 valence electrons. The number of para-hydroxylation sites is 1. The van der Waals surface area contributed by atoms with Crippen LogP contribution in [0.5, 0.6) is 0 Å². The Kier molecular flexibility index (Phi) is 6.42. The SMILES string of the molecule is c1ccc(-c2cc(-c3ccccc3)nc(-c3cc(-n4c5ccccc5c5c6ccc7ccccc7c6ccc54)cc4c3sc3ccccc34)n2)cc1. The van der Waals surface area contributed by atoms with Crippen molar-refractivity contribution in [1.82, 2.24) is 14.5 Å². The Balaban J connectivity index is 1.25. The van der Waals surface area contributed by atoms with Gasteiger partial charge in [0.15, 0.2) is 5.82 Å². The summed E-state index contributed by atoms with van der Waals surface area (Å²) in [6.45, 7) is 0. The molecule has 0 fully saturated rings. The number of hydrogen-bond acceptors (Lipinski definition) is 3. The van der Waals surface area contributed by atoms with Crippen LogP contribution in [0.3, 0.4) is 0 Å². The highest BCUT2D eigenvalue weighted by atomic mass is 32.1. The minimum absolute atomic E-state index is 0.719. The molecular weight excluding hydrogens is 651 g/mol. The van der Waals surface area contributed by atoms with E-state index in [0.717, 1.165) is 39.6 Å². The summed E-state index contributed by atoms with van der Waals surface area (Å²) < 4.78 is 4.87. The normalized spacial score (nSPS) is 11.8. The van der Waals surface area contributed by atoms with E-state index in [1.807, 2.05) is 23.5 Å².